The number of hydrogen-bond donors (Lipinski definition) is 0. The van der Waals surface area contributed by atoms with E-state index in [9.17, 15) is 23.2 Å². The molecular weight excluding hydrogens is 408 g/mol. The lowest BCUT2D eigenvalue weighted by Gasteiger charge is -2.51. The monoisotopic (exact) mass is 435 g/mol. The number of rotatable bonds is 6. The van der Waals surface area contributed by atoms with Gasteiger partial charge in [-0.25, -0.2) is 0 Å². The zero-order valence-electron chi connectivity index (χ0n) is 17.5. The SMILES string of the molecule is CC1C(=O)N(CCC2CCC2)CC2N(C(=O)c3ccc(OC(F)F)cc3)CCC(=O)N12. The minimum absolute atomic E-state index is 0.0268. The number of nitrogens with zero attached hydrogens (tertiary/aromatic N) is 3. The lowest BCUT2D eigenvalue weighted by molar-refractivity contribution is -0.166. The Kier molecular flexibility index (Phi) is 6.11. The molecule has 168 valence electrons. The van der Waals surface area contributed by atoms with Gasteiger partial charge in [-0.2, -0.15) is 8.78 Å². The van der Waals surface area contributed by atoms with Gasteiger partial charge in [0.15, 0.2) is 0 Å². The summed E-state index contributed by atoms with van der Waals surface area (Å²) in [4.78, 5) is 43.6. The van der Waals surface area contributed by atoms with Crippen LogP contribution in [0.3, 0.4) is 0 Å². The fraction of sp³-hybridized carbons (Fsp3) is 0.591. The lowest BCUT2D eigenvalue weighted by atomic mass is 9.83. The van der Waals surface area contributed by atoms with Crippen LogP contribution < -0.4 is 4.74 Å². The summed E-state index contributed by atoms with van der Waals surface area (Å²) in [5.74, 6) is 0.120. The molecule has 1 aromatic carbocycles. The molecule has 7 nitrogen and oxygen atoms in total. The van der Waals surface area contributed by atoms with Crippen LogP contribution >= 0.6 is 0 Å². The Hall–Kier alpha value is -2.71. The molecule has 1 saturated carbocycles. The van der Waals surface area contributed by atoms with Crippen molar-refractivity contribution < 1.29 is 27.9 Å². The molecule has 3 fully saturated rings. The quantitative estimate of drug-likeness (QED) is 0.689. The highest BCUT2D eigenvalue weighted by Gasteiger charge is 2.47. The molecule has 0 aromatic heterocycles. The van der Waals surface area contributed by atoms with Crippen molar-refractivity contribution in [3.8, 4) is 5.75 Å². The number of fused-ring (bicyclic) bond motifs is 1. The summed E-state index contributed by atoms with van der Waals surface area (Å²) in [6.45, 7) is -0.0393. The topological polar surface area (TPSA) is 70.2 Å². The number of piperazine rings is 1. The van der Waals surface area contributed by atoms with Gasteiger partial charge in [-0.1, -0.05) is 19.3 Å². The number of alkyl halides is 2. The number of benzene rings is 1. The zero-order valence-corrected chi connectivity index (χ0v) is 17.5. The molecular formula is C22H27F2N3O4. The van der Waals surface area contributed by atoms with E-state index in [4.69, 9.17) is 0 Å². The van der Waals surface area contributed by atoms with Crippen molar-refractivity contribution in [2.75, 3.05) is 19.6 Å². The Balaban J connectivity index is 1.51. The zero-order chi connectivity index (χ0) is 22.1. The standard InChI is InChI=1S/C22H27F2N3O4/c1-14-20(29)25(11-9-15-3-2-4-15)13-18-26(12-10-19(28)27(14)18)21(30)16-5-7-17(8-6-16)31-22(23)24/h5-8,14-15,18,22H,2-4,9-13H2,1H3. The molecule has 0 N–H and O–H groups in total. The van der Waals surface area contributed by atoms with E-state index in [0.717, 1.165) is 6.42 Å². The average molecular weight is 435 g/mol. The molecule has 4 rings (SSSR count). The van der Waals surface area contributed by atoms with E-state index in [1.165, 1.54) is 48.4 Å². The molecule has 3 aliphatic rings. The average Bonchev–Trinajstić information content (AvgIpc) is 2.70. The molecule has 9 heteroatoms. The van der Waals surface area contributed by atoms with Gasteiger partial charge < -0.3 is 19.4 Å². The second-order valence-corrected chi connectivity index (χ2v) is 8.48. The molecule has 0 radical (unpaired) electrons. The van der Waals surface area contributed by atoms with Gasteiger partial charge in [-0.05, 0) is 43.5 Å². The lowest BCUT2D eigenvalue weighted by Crippen LogP contribution is -2.70. The first-order chi connectivity index (χ1) is 14.8. The maximum atomic E-state index is 13.2. The summed E-state index contributed by atoms with van der Waals surface area (Å²) in [6, 6.07) is 4.90. The molecule has 31 heavy (non-hydrogen) atoms. The minimum Gasteiger partial charge on any atom is -0.435 e. The van der Waals surface area contributed by atoms with Crippen molar-refractivity contribution in [1.82, 2.24) is 14.7 Å². The number of carbonyl (C=O) groups is 3. The maximum Gasteiger partial charge on any atom is 0.387 e. The molecule has 1 aromatic rings. The van der Waals surface area contributed by atoms with Crippen LogP contribution in [0, 0.1) is 5.92 Å². The van der Waals surface area contributed by atoms with Crippen molar-refractivity contribution in [3.63, 3.8) is 0 Å². The molecule has 2 atom stereocenters. The Labute approximate surface area is 179 Å². The number of carbonyl (C=O) groups excluding carboxylic acids is 3. The van der Waals surface area contributed by atoms with Crippen LogP contribution in [0.5, 0.6) is 5.75 Å². The molecule has 2 aliphatic heterocycles. The summed E-state index contributed by atoms with van der Waals surface area (Å²) in [5.41, 5.74) is 0.321. The summed E-state index contributed by atoms with van der Waals surface area (Å²) >= 11 is 0. The Morgan fingerprint density at radius 1 is 1.19 bits per heavy atom. The van der Waals surface area contributed by atoms with Crippen LogP contribution in [-0.4, -0.2) is 70.9 Å². The van der Waals surface area contributed by atoms with Gasteiger partial charge in [0.25, 0.3) is 5.91 Å². The van der Waals surface area contributed by atoms with Crippen LogP contribution in [0.15, 0.2) is 24.3 Å². The maximum absolute atomic E-state index is 13.2. The van der Waals surface area contributed by atoms with Gasteiger partial charge in [-0.3, -0.25) is 14.4 Å². The molecule has 0 spiro atoms. The number of ether oxygens (including phenoxy) is 1. The van der Waals surface area contributed by atoms with Crippen LogP contribution in [-0.2, 0) is 9.59 Å². The van der Waals surface area contributed by atoms with Gasteiger partial charge in [0.2, 0.25) is 11.8 Å². The van der Waals surface area contributed by atoms with Crippen LogP contribution in [0.4, 0.5) is 8.78 Å². The normalized spacial score (nSPS) is 24.3. The van der Waals surface area contributed by atoms with Crippen molar-refractivity contribution >= 4 is 17.7 Å². The number of hydrogen-bond acceptors (Lipinski definition) is 4. The predicted molar refractivity (Wildman–Crippen MR) is 107 cm³/mol. The highest BCUT2D eigenvalue weighted by Crippen LogP contribution is 2.31. The molecule has 1 aliphatic carbocycles. The van der Waals surface area contributed by atoms with Gasteiger partial charge in [-0.15, -0.1) is 0 Å². The van der Waals surface area contributed by atoms with E-state index in [-0.39, 0.29) is 36.4 Å². The van der Waals surface area contributed by atoms with E-state index in [1.807, 2.05) is 0 Å². The minimum atomic E-state index is -2.93. The van der Waals surface area contributed by atoms with E-state index >= 15 is 0 Å². The predicted octanol–water partition coefficient (Wildman–Crippen LogP) is 2.71. The fourth-order valence-electron chi connectivity index (χ4n) is 4.64. The molecule has 0 bridgehead atoms. The first-order valence-electron chi connectivity index (χ1n) is 10.8. The van der Waals surface area contributed by atoms with Gasteiger partial charge in [0.05, 0.1) is 6.54 Å². The highest BCUT2D eigenvalue weighted by atomic mass is 19.3. The Morgan fingerprint density at radius 2 is 1.90 bits per heavy atom. The van der Waals surface area contributed by atoms with Crippen molar-refractivity contribution in [1.29, 1.82) is 0 Å². The number of halogens is 2. The van der Waals surface area contributed by atoms with Gasteiger partial charge >= 0.3 is 6.61 Å². The third-order valence-electron chi connectivity index (χ3n) is 6.62. The van der Waals surface area contributed by atoms with Crippen molar-refractivity contribution in [3.05, 3.63) is 29.8 Å². The van der Waals surface area contributed by atoms with Gasteiger partial charge in [0.1, 0.15) is 18.0 Å². The van der Waals surface area contributed by atoms with Crippen LogP contribution in [0.25, 0.3) is 0 Å². The van der Waals surface area contributed by atoms with E-state index in [1.54, 1.807) is 16.7 Å². The fourth-order valence-corrected chi connectivity index (χ4v) is 4.64. The summed E-state index contributed by atoms with van der Waals surface area (Å²) in [6.07, 6.45) is 4.19. The van der Waals surface area contributed by atoms with Crippen molar-refractivity contribution in [2.45, 2.75) is 57.8 Å². The third-order valence-corrected chi connectivity index (χ3v) is 6.62. The van der Waals surface area contributed by atoms with Crippen LogP contribution in [0.2, 0.25) is 0 Å². The smallest absolute Gasteiger partial charge is 0.387 e. The summed E-state index contributed by atoms with van der Waals surface area (Å²) in [7, 11) is 0. The largest absolute Gasteiger partial charge is 0.435 e. The molecule has 2 saturated heterocycles. The molecule has 2 heterocycles. The number of amides is 3. The molecule has 3 amide bonds. The summed E-state index contributed by atoms with van der Waals surface area (Å²) < 4.78 is 29.1. The summed E-state index contributed by atoms with van der Waals surface area (Å²) in [5, 5.41) is 0. The Morgan fingerprint density at radius 3 is 2.52 bits per heavy atom. The van der Waals surface area contributed by atoms with E-state index in [2.05, 4.69) is 4.74 Å². The van der Waals surface area contributed by atoms with E-state index in [0.29, 0.717) is 24.6 Å². The van der Waals surface area contributed by atoms with E-state index < -0.39 is 18.8 Å². The second-order valence-electron chi connectivity index (χ2n) is 8.48. The first-order valence-corrected chi connectivity index (χ1v) is 10.8. The molecule has 2 unspecified atom stereocenters. The van der Waals surface area contributed by atoms with Gasteiger partial charge in [0, 0.05) is 25.1 Å². The van der Waals surface area contributed by atoms with Crippen molar-refractivity contribution in [2.24, 2.45) is 5.92 Å². The Bertz CT molecular complexity index is 844. The van der Waals surface area contributed by atoms with Crippen LogP contribution in [0.1, 0.15) is 49.4 Å². The first kappa shape index (κ1) is 21.5. The third kappa shape index (κ3) is 4.36. The second kappa shape index (κ2) is 8.80. The highest BCUT2D eigenvalue weighted by molar-refractivity contribution is 5.97.